The molecule has 0 radical (unpaired) electrons. The molecule has 0 spiro atoms. The normalized spacial score (nSPS) is 15.4. The summed E-state index contributed by atoms with van der Waals surface area (Å²) < 4.78 is 17.1. The van der Waals surface area contributed by atoms with Crippen LogP contribution in [0.5, 0.6) is 11.5 Å². The van der Waals surface area contributed by atoms with Gasteiger partial charge in [-0.05, 0) is 30.3 Å². The molecule has 0 saturated carbocycles. The molecule has 2 heterocycles. The van der Waals surface area contributed by atoms with Crippen molar-refractivity contribution >= 4 is 35.0 Å². The topological polar surface area (TPSA) is 86.5 Å². The highest BCUT2D eigenvalue weighted by Gasteiger charge is 2.27. The molecule has 138 valence electrons. The van der Waals surface area contributed by atoms with Crippen molar-refractivity contribution in [3.63, 3.8) is 0 Å². The lowest BCUT2D eigenvalue weighted by Gasteiger charge is -2.23. The van der Waals surface area contributed by atoms with Crippen LogP contribution in [-0.4, -0.2) is 28.5 Å². The SMILES string of the molecule is O=C(CSc1nnc([C@H]2COc3ccccc3O2)o1)Nc1cccc(Cl)c1. The Balaban J connectivity index is 1.33. The standard InChI is InChI=1S/C18H14ClN3O4S/c19-11-4-3-5-12(8-11)20-16(23)10-27-18-22-21-17(26-18)15-9-24-13-6-1-2-7-14(13)25-15/h1-8,15H,9-10H2,(H,20,23)/t15-/m1/s1. The summed E-state index contributed by atoms with van der Waals surface area (Å²) in [7, 11) is 0. The Morgan fingerprint density at radius 2 is 2.04 bits per heavy atom. The van der Waals surface area contributed by atoms with Gasteiger partial charge in [-0.2, -0.15) is 0 Å². The van der Waals surface area contributed by atoms with Gasteiger partial charge in [-0.1, -0.05) is 41.6 Å². The average Bonchev–Trinajstić information content (AvgIpc) is 3.15. The Labute approximate surface area is 164 Å². The van der Waals surface area contributed by atoms with Crippen LogP contribution in [0.15, 0.2) is 58.2 Å². The molecule has 7 nitrogen and oxygen atoms in total. The van der Waals surface area contributed by atoms with Gasteiger partial charge in [0.2, 0.25) is 12.0 Å². The first-order chi connectivity index (χ1) is 13.2. The van der Waals surface area contributed by atoms with Crippen LogP contribution in [0.4, 0.5) is 5.69 Å². The lowest BCUT2D eigenvalue weighted by Crippen LogP contribution is -2.21. The van der Waals surface area contributed by atoms with Crippen molar-refractivity contribution in [3.8, 4) is 11.5 Å². The van der Waals surface area contributed by atoms with Crippen molar-refractivity contribution in [2.45, 2.75) is 11.3 Å². The van der Waals surface area contributed by atoms with Gasteiger partial charge in [0, 0.05) is 10.7 Å². The van der Waals surface area contributed by atoms with Crippen molar-refractivity contribution in [3.05, 3.63) is 59.4 Å². The van der Waals surface area contributed by atoms with Crippen LogP contribution in [0.25, 0.3) is 0 Å². The monoisotopic (exact) mass is 403 g/mol. The Morgan fingerprint density at radius 1 is 1.19 bits per heavy atom. The van der Waals surface area contributed by atoms with E-state index in [0.29, 0.717) is 28.1 Å². The van der Waals surface area contributed by atoms with E-state index in [2.05, 4.69) is 15.5 Å². The molecule has 1 amide bonds. The lowest BCUT2D eigenvalue weighted by atomic mass is 10.2. The van der Waals surface area contributed by atoms with Crippen molar-refractivity contribution < 1.29 is 18.7 Å². The highest BCUT2D eigenvalue weighted by molar-refractivity contribution is 7.99. The summed E-state index contributed by atoms with van der Waals surface area (Å²) in [5, 5.41) is 11.5. The van der Waals surface area contributed by atoms with Crippen molar-refractivity contribution in [1.82, 2.24) is 10.2 Å². The Morgan fingerprint density at radius 3 is 2.89 bits per heavy atom. The third-order valence-electron chi connectivity index (χ3n) is 3.64. The summed E-state index contributed by atoms with van der Waals surface area (Å²) in [5.41, 5.74) is 0.630. The van der Waals surface area contributed by atoms with E-state index in [-0.39, 0.29) is 23.5 Å². The van der Waals surface area contributed by atoms with Crippen LogP contribution in [-0.2, 0) is 4.79 Å². The zero-order chi connectivity index (χ0) is 18.6. The van der Waals surface area contributed by atoms with E-state index < -0.39 is 6.10 Å². The van der Waals surface area contributed by atoms with E-state index in [1.165, 1.54) is 0 Å². The van der Waals surface area contributed by atoms with Gasteiger partial charge in [0.25, 0.3) is 11.1 Å². The predicted molar refractivity (Wildman–Crippen MR) is 100 cm³/mol. The Kier molecular flexibility index (Phi) is 5.17. The fourth-order valence-electron chi connectivity index (χ4n) is 2.44. The van der Waals surface area contributed by atoms with Gasteiger partial charge in [-0.15, -0.1) is 10.2 Å². The van der Waals surface area contributed by atoms with Gasteiger partial charge in [0.1, 0.15) is 6.61 Å². The summed E-state index contributed by atoms with van der Waals surface area (Å²) in [5.74, 6) is 1.54. The first kappa shape index (κ1) is 17.7. The van der Waals surface area contributed by atoms with Crippen LogP contribution < -0.4 is 14.8 Å². The van der Waals surface area contributed by atoms with Gasteiger partial charge in [-0.25, -0.2) is 0 Å². The summed E-state index contributed by atoms with van der Waals surface area (Å²) in [6, 6.07) is 14.3. The number of halogens is 1. The molecule has 1 N–H and O–H groups in total. The van der Waals surface area contributed by atoms with Crippen molar-refractivity contribution in [1.29, 1.82) is 0 Å². The number of aromatic nitrogens is 2. The van der Waals surface area contributed by atoms with Crippen LogP contribution in [0.2, 0.25) is 5.02 Å². The van der Waals surface area contributed by atoms with Gasteiger partial charge >= 0.3 is 0 Å². The predicted octanol–water partition coefficient (Wildman–Crippen LogP) is 3.97. The maximum absolute atomic E-state index is 12.0. The number of amides is 1. The first-order valence-corrected chi connectivity index (χ1v) is 9.44. The lowest BCUT2D eigenvalue weighted by molar-refractivity contribution is -0.113. The second-order valence-electron chi connectivity index (χ2n) is 5.62. The molecule has 1 aromatic heterocycles. The molecule has 0 aliphatic carbocycles. The fraction of sp³-hybridized carbons (Fsp3) is 0.167. The Bertz CT molecular complexity index is 965. The molecule has 1 aliphatic heterocycles. The number of nitrogens with zero attached hydrogens (tertiary/aromatic N) is 2. The number of para-hydroxylation sites is 2. The molecular weight excluding hydrogens is 390 g/mol. The van der Waals surface area contributed by atoms with E-state index in [1.807, 2.05) is 24.3 Å². The number of fused-ring (bicyclic) bond motifs is 1. The smallest absolute Gasteiger partial charge is 0.277 e. The number of carbonyl (C=O) groups is 1. The zero-order valence-electron chi connectivity index (χ0n) is 13.9. The number of anilines is 1. The number of carbonyl (C=O) groups excluding carboxylic acids is 1. The molecule has 0 bridgehead atoms. The van der Waals surface area contributed by atoms with Crippen LogP contribution in [0.3, 0.4) is 0 Å². The van der Waals surface area contributed by atoms with Gasteiger partial charge in [0.05, 0.1) is 5.75 Å². The fourth-order valence-corrected chi connectivity index (χ4v) is 3.20. The zero-order valence-corrected chi connectivity index (χ0v) is 15.5. The number of hydrogen-bond donors (Lipinski definition) is 1. The highest BCUT2D eigenvalue weighted by atomic mass is 35.5. The molecule has 2 aromatic carbocycles. The van der Waals surface area contributed by atoms with Gasteiger partial charge in [-0.3, -0.25) is 4.79 Å². The third kappa shape index (κ3) is 4.35. The molecule has 0 saturated heterocycles. The molecule has 3 aromatic rings. The molecular formula is C18H14ClN3O4S. The second kappa shape index (κ2) is 7.89. The maximum Gasteiger partial charge on any atom is 0.277 e. The molecule has 4 rings (SSSR count). The number of benzene rings is 2. The van der Waals surface area contributed by atoms with Crippen molar-refractivity contribution in [2.24, 2.45) is 0 Å². The number of ether oxygens (including phenoxy) is 2. The minimum absolute atomic E-state index is 0.124. The van der Waals surface area contributed by atoms with Gasteiger partial charge in [0.15, 0.2) is 11.5 Å². The maximum atomic E-state index is 12.0. The molecule has 1 atom stereocenters. The highest BCUT2D eigenvalue weighted by Crippen LogP contribution is 2.35. The molecule has 0 fully saturated rings. The Hall–Kier alpha value is -2.71. The van der Waals surface area contributed by atoms with Gasteiger partial charge < -0.3 is 19.2 Å². The summed E-state index contributed by atoms with van der Waals surface area (Å²) in [6.07, 6.45) is -0.484. The summed E-state index contributed by atoms with van der Waals surface area (Å²) in [4.78, 5) is 12.0. The second-order valence-corrected chi connectivity index (χ2v) is 6.98. The number of nitrogens with one attached hydrogen (secondary N) is 1. The van der Waals surface area contributed by atoms with Crippen LogP contribution in [0.1, 0.15) is 12.0 Å². The van der Waals surface area contributed by atoms with E-state index in [9.17, 15) is 4.79 Å². The minimum Gasteiger partial charge on any atom is -0.485 e. The number of rotatable bonds is 5. The summed E-state index contributed by atoms with van der Waals surface area (Å²) in [6.45, 7) is 0.276. The molecule has 1 aliphatic rings. The molecule has 27 heavy (non-hydrogen) atoms. The van der Waals surface area contributed by atoms with Crippen LogP contribution in [0, 0.1) is 0 Å². The first-order valence-electron chi connectivity index (χ1n) is 8.07. The minimum atomic E-state index is -0.484. The van der Waals surface area contributed by atoms with E-state index >= 15 is 0 Å². The van der Waals surface area contributed by atoms with Crippen molar-refractivity contribution in [2.75, 3.05) is 17.7 Å². The average molecular weight is 404 g/mol. The largest absolute Gasteiger partial charge is 0.485 e. The number of hydrogen-bond acceptors (Lipinski definition) is 7. The molecule has 9 heteroatoms. The van der Waals surface area contributed by atoms with E-state index in [4.69, 9.17) is 25.5 Å². The molecule has 0 unspecified atom stereocenters. The van der Waals surface area contributed by atoms with E-state index in [0.717, 1.165) is 11.8 Å². The number of thioether (sulfide) groups is 1. The third-order valence-corrected chi connectivity index (χ3v) is 4.69. The quantitative estimate of drug-likeness (QED) is 0.645. The van der Waals surface area contributed by atoms with Crippen LogP contribution >= 0.6 is 23.4 Å². The summed E-state index contributed by atoms with van der Waals surface area (Å²) >= 11 is 7.04. The van der Waals surface area contributed by atoms with E-state index in [1.54, 1.807) is 24.3 Å².